The van der Waals surface area contributed by atoms with Crippen molar-refractivity contribution < 1.29 is 4.74 Å². The quantitative estimate of drug-likeness (QED) is 0.681. The standard InChI is InChI=1S/C13H26N2O/c1-13(9-14,10-16-2)15(7-11-3-4-11)8-12-5-6-12/h11-12H,3-10,14H2,1-2H3. The second-order valence-electron chi connectivity index (χ2n) is 5.93. The van der Waals surface area contributed by atoms with Crippen LogP contribution in [0.15, 0.2) is 0 Å². The average Bonchev–Trinajstić information content (AvgIpc) is 3.11. The van der Waals surface area contributed by atoms with Crippen LogP contribution in [0.3, 0.4) is 0 Å². The van der Waals surface area contributed by atoms with Crippen LogP contribution >= 0.6 is 0 Å². The molecule has 0 aromatic rings. The van der Waals surface area contributed by atoms with E-state index in [1.807, 2.05) is 0 Å². The van der Waals surface area contributed by atoms with Crippen LogP contribution in [0.5, 0.6) is 0 Å². The van der Waals surface area contributed by atoms with Crippen molar-refractivity contribution in [1.29, 1.82) is 0 Å². The fourth-order valence-electron chi connectivity index (χ4n) is 2.33. The topological polar surface area (TPSA) is 38.5 Å². The zero-order valence-corrected chi connectivity index (χ0v) is 10.7. The molecule has 94 valence electrons. The maximum atomic E-state index is 5.96. The van der Waals surface area contributed by atoms with Gasteiger partial charge in [-0.15, -0.1) is 0 Å². The molecule has 3 nitrogen and oxygen atoms in total. The van der Waals surface area contributed by atoms with E-state index in [-0.39, 0.29) is 5.54 Å². The van der Waals surface area contributed by atoms with Gasteiger partial charge in [0.2, 0.25) is 0 Å². The highest BCUT2D eigenvalue weighted by Gasteiger charge is 2.38. The number of rotatable bonds is 8. The van der Waals surface area contributed by atoms with Crippen LogP contribution in [0, 0.1) is 11.8 Å². The average molecular weight is 226 g/mol. The van der Waals surface area contributed by atoms with Gasteiger partial charge in [-0.3, -0.25) is 4.90 Å². The molecular formula is C13H26N2O. The normalized spacial score (nSPS) is 24.8. The van der Waals surface area contributed by atoms with Gasteiger partial charge in [0.25, 0.3) is 0 Å². The molecule has 0 aromatic carbocycles. The Hall–Kier alpha value is -0.120. The fraction of sp³-hybridized carbons (Fsp3) is 1.00. The molecule has 16 heavy (non-hydrogen) atoms. The molecule has 3 heteroatoms. The van der Waals surface area contributed by atoms with Crippen LogP contribution in [0.25, 0.3) is 0 Å². The van der Waals surface area contributed by atoms with Gasteiger partial charge in [-0.05, 0) is 44.4 Å². The zero-order chi connectivity index (χ0) is 11.6. The molecule has 0 aliphatic heterocycles. The number of nitrogens with zero attached hydrogens (tertiary/aromatic N) is 1. The molecule has 1 atom stereocenters. The Balaban J connectivity index is 1.94. The lowest BCUT2D eigenvalue weighted by Gasteiger charge is -2.40. The lowest BCUT2D eigenvalue weighted by atomic mass is 10.00. The lowest BCUT2D eigenvalue weighted by Crippen LogP contribution is -2.56. The molecule has 2 rings (SSSR count). The van der Waals surface area contributed by atoms with Gasteiger partial charge in [0.1, 0.15) is 0 Å². The molecule has 0 aromatic heterocycles. The van der Waals surface area contributed by atoms with Crippen LogP contribution in [0.1, 0.15) is 32.6 Å². The third kappa shape index (κ3) is 3.19. The third-order valence-electron chi connectivity index (χ3n) is 4.01. The first-order chi connectivity index (χ1) is 7.68. The monoisotopic (exact) mass is 226 g/mol. The van der Waals surface area contributed by atoms with Crippen molar-refractivity contribution in [2.45, 2.75) is 38.1 Å². The number of methoxy groups -OCH3 is 1. The van der Waals surface area contributed by atoms with E-state index in [0.717, 1.165) is 18.4 Å². The summed E-state index contributed by atoms with van der Waals surface area (Å²) in [4.78, 5) is 2.60. The van der Waals surface area contributed by atoms with Gasteiger partial charge in [-0.1, -0.05) is 0 Å². The van der Waals surface area contributed by atoms with E-state index in [0.29, 0.717) is 6.54 Å². The van der Waals surface area contributed by atoms with Gasteiger partial charge in [0.05, 0.1) is 12.1 Å². The predicted octanol–water partition coefficient (Wildman–Crippen LogP) is 1.47. The molecule has 0 spiro atoms. The van der Waals surface area contributed by atoms with Crippen LogP contribution < -0.4 is 5.73 Å². The van der Waals surface area contributed by atoms with E-state index >= 15 is 0 Å². The summed E-state index contributed by atoms with van der Waals surface area (Å²) in [6, 6.07) is 0. The Morgan fingerprint density at radius 3 is 2.00 bits per heavy atom. The Bertz CT molecular complexity index is 212. The second kappa shape index (κ2) is 5.03. The number of hydrogen-bond acceptors (Lipinski definition) is 3. The molecule has 0 radical (unpaired) electrons. The zero-order valence-electron chi connectivity index (χ0n) is 10.7. The van der Waals surface area contributed by atoms with E-state index in [4.69, 9.17) is 10.5 Å². The molecule has 2 saturated carbocycles. The molecule has 2 fully saturated rings. The minimum absolute atomic E-state index is 0.0416. The second-order valence-corrected chi connectivity index (χ2v) is 5.93. The molecule has 1 unspecified atom stereocenters. The largest absolute Gasteiger partial charge is 0.383 e. The van der Waals surface area contributed by atoms with Crippen molar-refractivity contribution >= 4 is 0 Å². The van der Waals surface area contributed by atoms with Crippen molar-refractivity contribution in [1.82, 2.24) is 4.90 Å². The summed E-state index contributed by atoms with van der Waals surface area (Å²) in [5.41, 5.74) is 6.01. The maximum absolute atomic E-state index is 5.96. The van der Waals surface area contributed by atoms with Gasteiger partial charge >= 0.3 is 0 Å². The van der Waals surface area contributed by atoms with Gasteiger partial charge < -0.3 is 10.5 Å². The van der Waals surface area contributed by atoms with Gasteiger partial charge in [-0.25, -0.2) is 0 Å². The van der Waals surface area contributed by atoms with E-state index in [2.05, 4.69) is 11.8 Å². The van der Waals surface area contributed by atoms with Crippen LogP contribution in [-0.2, 0) is 4.74 Å². The van der Waals surface area contributed by atoms with E-state index in [9.17, 15) is 0 Å². The summed E-state index contributed by atoms with van der Waals surface area (Å²) >= 11 is 0. The molecule has 0 amide bonds. The molecule has 0 saturated heterocycles. The fourth-order valence-corrected chi connectivity index (χ4v) is 2.33. The molecule has 0 bridgehead atoms. The summed E-state index contributed by atoms with van der Waals surface area (Å²) in [5, 5.41) is 0. The van der Waals surface area contributed by atoms with Crippen molar-refractivity contribution in [3.63, 3.8) is 0 Å². The SMILES string of the molecule is COCC(C)(CN)N(CC1CC1)CC1CC1. The highest BCUT2D eigenvalue weighted by atomic mass is 16.5. The van der Waals surface area contributed by atoms with Crippen molar-refractivity contribution in [3.05, 3.63) is 0 Å². The summed E-state index contributed by atoms with van der Waals surface area (Å²) in [7, 11) is 1.78. The maximum Gasteiger partial charge on any atom is 0.0656 e. The number of hydrogen-bond donors (Lipinski definition) is 1. The van der Waals surface area contributed by atoms with E-state index in [1.54, 1.807) is 7.11 Å². The van der Waals surface area contributed by atoms with E-state index < -0.39 is 0 Å². The van der Waals surface area contributed by atoms with Gasteiger partial charge in [-0.2, -0.15) is 0 Å². The van der Waals surface area contributed by atoms with Crippen LogP contribution in [-0.4, -0.2) is 43.8 Å². The minimum Gasteiger partial charge on any atom is -0.383 e. The Kier molecular flexibility index (Phi) is 3.88. The highest BCUT2D eigenvalue weighted by molar-refractivity contribution is 4.93. The minimum atomic E-state index is 0.0416. The molecule has 2 N–H and O–H groups in total. The first-order valence-electron chi connectivity index (χ1n) is 6.62. The number of nitrogens with two attached hydrogens (primary N) is 1. The van der Waals surface area contributed by atoms with Gasteiger partial charge in [0, 0.05) is 26.7 Å². The predicted molar refractivity (Wildman–Crippen MR) is 66.4 cm³/mol. The molecule has 0 heterocycles. The van der Waals surface area contributed by atoms with Crippen molar-refractivity contribution in [3.8, 4) is 0 Å². The first-order valence-corrected chi connectivity index (χ1v) is 6.62. The summed E-state index contributed by atoms with van der Waals surface area (Å²) < 4.78 is 5.36. The molecule has 2 aliphatic rings. The van der Waals surface area contributed by atoms with Crippen molar-refractivity contribution in [2.75, 3.05) is 33.4 Å². The van der Waals surface area contributed by atoms with E-state index in [1.165, 1.54) is 38.8 Å². The summed E-state index contributed by atoms with van der Waals surface area (Å²) in [5.74, 6) is 1.86. The van der Waals surface area contributed by atoms with Crippen LogP contribution in [0.2, 0.25) is 0 Å². The van der Waals surface area contributed by atoms with Crippen LogP contribution in [0.4, 0.5) is 0 Å². The smallest absolute Gasteiger partial charge is 0.0656 e. The van der Waals surface area contributed by atoms with Crippen molar-refractivity contribution in [2.24, 2.45) is 17.6 Å². The first kappa shape index (κ1) is 12.3. The Labute approximate surface area is 99.3 Å². The Morgan fingerprint density at radius 1 is 1.19 bits per heavy atom. The number of ether oxygens (including phenoxy) is 1. The molecular weight excluding hydrogens is 200 g/mol. The summed E-state index contributed by atoms with van der Waals surface area (Å²) in [6.07, 6.45) is 5.65. The molecule has 2 aliphatic carbocycles. The highest BCUT2D eigenvalue weighted by Crippen LogP contribution is 2.36. The van der Waals surface area contributed by atoms with Gasteiger partial charge in [0.15, 0.2) is 0 Å². The lowest BCUT2D eigenvalue weighted by molar-refractivity contribution is 0.0209. The summed E-state index contributed by atoms with van der Waals surface area (Å²) in [6.45, 7) is 6.16. The Morgan fingerprint density at radius 2 is 1.69 bits per heavy atom. The third-order valence-corrected chi connectivity index (χ3v) is 4.01.